The van der Waals surface area contributed by atoms with Crippen molar-refractivity contribution in [2.45, 2.75) is 30.5 Å². The zero-order valence-corrected chi connectivity index (χ0v) is 16.0. The number of fused-ring (bicyclic) bond motifs is 4. The van der Waals surface area contributed by atoms with Gasteiger partial charge in [-0.05, 0) is 14.0 Å². The van der Waals surface area contributed by atoms with Crippen LogP contribution in [0.4, 0.5) is 4.79 Å². The van der Waals surface area contributed by atoms with E-state index in [0.717, 1.165) is 0 Å². The molecule has 0 aromatic carbocycles. The number of hydrogen-bond acceptors (Lipinski definition) is 9. The number of carbonyl (C=O) groups excluding carboxylic acids is 3. The van der Waals surface area contributed by atoms with Gasteiger partial charge >= 0.3 is 6.09 Å². The summed E-state index contributed by atoms with van der Waals surface area (Å²) in [6.45, 7) is 2.52. The van der Waals surface area contributed by atoms with Gasteiger partial charge in [-0.3, -0.25) is 14.5 Å². The Morgan fingerprint density at radius 3 is 2.61 bits per heavy atom. The van der Waals surface area contributed by atoms with E-state index in [1.165, 1.54) is 0 Å². The van der Waals surface area contributed by atoms with Crippen molar-refractivity contribution in [2.24, 2.45) is 17.6 Å². The highest BCUT2D eigenvalue weighted by Crippen LogP contribution is 2.60. The first-order valence-electron chi connectivity index (χ1n) is 9.39. The number of hydrogen-bond donors (Lipinski definition) is 1. The van der Waals surface area contributed by atoms with Crippen LogP contribution in [0.3, 0.4) is 0 Å². The molecule has 1 amide bonds. The molecular formula is C18H23N3O7. The lowest BCUT2D eigenvalue weighted by Gasteiger charge is -2.40. The molecule has 3 saturated heterocycles. The summed E-state index contributed by atoms with van der Waals surface area (Å²) >= 11 is 0. The number of nitrogens with two attached hydrogens (primary N) is 1. The first-order chi connectivity index (χ1) is 13.3. The zero-order valence-electron chi connectivity index (χ0n) is 16.0. The zero-order chi connectivity index (χ0) is 20.0. The summed E-state index contributed by atoms with van der Waals surface area (Å²) in [5.41, 5.74) is 4.80. The van der Waals surface area contributed by atoms with Crippen LogP contribution in [0, 0.1) is 11.8 Å². The molecule has 5 rings (SSSR count). The summed E-state index contributed by atoms with van der Waals surface area (Å²) in [4.78, 5) is 42.3. The smallest absolute Gasteiger partial charge is 0.404 e. The van der Waals surface area contributed by atoms with E-state index >= 15 is 0 Å². The van der Waals surface area contributed by atoms with Crippen molar-refractivity contribution < 1.29 is 33.3 Å². The predicted octanol–water partition coefficient (Wildman–Crippen LogP) is -1.16. The molecule has 1 aliphatic carbocycles. The Morgan fingerprint density at radius 2 is 2.00 bits per heavy atom. The van der Waals surface area contributed by atoms with Gasteiger partial charge in [0.15, 0.2) is 11.5 Å². The molecule has 0 aromatic rings. The highest BCUT2D eigenvalue weighted by atomic mass is 16.7. The molecule has 2 N–H and O–H groups in total. The Hall–Kier alpha value is -2.01. The van der Waals surface area contributed by atoms with E-state index in [2.05, 4.69) is 4.90 Å². The number of piperazine rings is 1. The van der Waals surface area contributed by atoms with Crippen LogP contribution in [0.1, 0.15) is 6.92 Å². The molecule has 0 aromatic heterocycles. The van der Waals surface area contributed by atoms with Crippen LogP contribution in [0.15, 0.2) is 11.3 Å². The monoisotopic (exact) mass is 393 g/mol. The van der Waals surface area contributed by atoms with Crippen LogP contribution in [-0.4, -0.2) is 91.6 Å². The number of primary amides is 1. The quantitative estimate of drug-likeness (QED) is 0.592. The Labute approximate surface area is 161 Å². The predicted molar refractivity (Wildman–Crippen MR) is 91.6 cm³/mol. The summed E-state index contributed by atoms with van der Waals surface area (Å²) < 4.78 is 22.5. The SMILES string of the molecule is CO[C@@]12[C@H](COC(N)=O)C3=C(C(=O)C(C)C4(OCCO4)C3=O)N1C[C@H]1[C@@H]2N1C. The topological polar surface area (TPSA) is 120 Å². The van der Waals surface area contributed by atoms with Gasteiger partial charge in [-0.1, -0.05) is 0 Å². The second-order valence-corrected chi connectivity index (χ2v) is 7.97. The number of Topliss-reactive ketones (excluding diaryl/α,β-unsaturated/α-hetero) is 2. The number of methoxy groups -OCH3 is 1. The second-order valence-electron chi connectivity index (χ2n) is 7.97. The van der Waals surface area contributed by atoms with E-state index in [-0.39, 0.29) is 43.3 Å². The van der Waals surface area contributed by atoms with E-state index in [1.54, 1.807) is 14.0 Å². The molecule has 2 unspecified atom stereocenters. The van der Waals surface area contributed by atoms with Gasteiger partial charge in [0.25, 0.3) is 0 Å². The lowest BCUT2D eigenvalue weighted by atomic mass is 9.76. The highest BCUT2D eigenvalue weighted by molar-refractivity contribution is 6.17. The summed E-state index contributed by atoms with van der Waals surface area (Å²) in [6.07, 6.45) is -0.948. The molecule has 28 heavy (non-hydrogen) atoms. The number of carbonyl (C=O) groups is 3. The Balaban J connectivity index is 1.66. The molecular weight excluding hydrogens is 370 g/mol. The number of rotatable bonds is 3. The van der Waals surface area contributed by atoms with Crippen LogP contribution in [0.2, 0.25) is 0 Å². The molecule has 6 atom stereocenters. The fourth-order valence-electron chi connectivity index (χ4n) is 5.71. The Morgan fingerprint density at radius 1 is 1.32 bits per heavy atom. The number of allylic oxidation sites excluding steroid dienone is 1. The van der Waals surface area contributed by atoms with E-state index in [0.29, 0.717) is 12.2 Å². The van der Waals surface area contributed by atoms with Crippen molar-refractivity contribution >= 4 is 17.7 Å². The van der Waals surface area contributed by atoms with Crippen LogP contribution >= 0.6 is 0 Å². The molecule has 0 radical (unpaired) electrons. The lowest BCUT2D eigenvalue weighted by molar-refractivity contribution is -0.197. The number of ether oxygens (including phenoxy) is 4. The summed E-state index contributed by atoms with van der Waals surface area (Å²) in [5.74, 6) is -3.68. The number of likely N-dealkylation sites (N-methyl/N-ethyl adjacent to an activating group) is 1. The average molecular weight is 393 g/mol. The van der Waals surface area contributed by atoms with E-state index in [4.69, 9.17) is 24.7 Å². The van der Waals surface area contributed by atoms with Gasteiger partial charge in [0.2, 0.25) is 11.6 Å². The molecule has 0 bridgehead atoms. The molecule has 4 heterocycles. The molecule has 4 aliphatic heterocycles. The third kappa shape index (κ3) is 1.84. The summed E-state index contributed by atoms with van der Waals surface area (Å²) in [6, 6.07) is 0.181. The second kappa shape index (κ2) is 5.53. The highest BCUT2D eigenvalue weighted by Gasteiger charge is 2.77. The van der Waals surface area contributed by atoms with Crippen molar-refractivity contribution in [1.29, 1.82) is 0 Å². The van der Waals surface area contributed by atoms with Gasteiger partial charge in [0, 0.05) is 25.3 Å². The van der Waals surface area contributed by atoms with Gasteiger partial charge in [-0.2, -0.15) is 0 Å². The maximum absolute atomic E-state index is 13.6. The minimum atomic E-state index is -1.62. The third-order valence-corrected chi connectivity index (χ3v) is 7.02. The normalized spacial score (nSPS) is 42.7. The van der Waals surface area contributed by atoms with Crippen molar-refractivity contribution in [2.75, 3.05) is 40.5 Å². The van der Waals surface area contributed by atoms with Gasteiger partial charge in [0.05, 0.1) is 36.8 Å². The first kappa shape index (κ1) is 18.0. The molecule has 3 fully saturated rings. The summed E-state index contributed by atoms with van der Waals surface area (Å²) in [7, 11) is 3.52. The lowest BCUT2D eigenvalue weighted by Crippen LogP contribution is -2.55. The van der Waals surface area contributed by atoms with Crippen molar-refractivity contribution in [3.63, 3.8) is 0 Å². The molecule has 5 aliphatic rings. The Bertz CT molecular complexity index is 820. The van der Waals surface area contributed by atoms with E-state index in [1.807, 2.05) is 11.9 Å². The van der Waals surface area contributed by atoms with Crippen LogP contribution < -0.4 is 5.73 Å². The third-order valence-electron chi connectivity index (χ3n) is 7.02. The number of ketones is 2. The molecule has 10 nitrogen and oxygen atoms in total. The van der Waals surface area contributed by atoms with Gasteiger partial charge < -0.3 is 29.6 Å². The van der Waals surface area contributed by atoms with Gasteiger partial charge in [-0.25, -0.2) is 4.79 Å². The number of amides is 1. The summed E-state index contributed by atoms with van der Waals surface area (Å²) in [5, 5.41) is 0. The van der Waals surface area contributed by atoms with E-state index in [9.17, 15) is 14.4 Å². The van der Waals surface area contributed by atoms with Crippen molar-refractivity contribution in [3.8, 4) is 0 Å². The first-order valence-corrected chi connectivity index (χ1v) is 9.39. The molecule has 0 saturated carbocycles. The minimum absolute atomic E-state index is 0.0261. The number of nitrogens with zero attached hydrogens (tertiary/aromatic N) is 2. The van der Waals surface area contributed by atoms with Crippen LogP contribution in [0.25, 0.3) is 0 Å². The van der Waals surface area contributed by atoms with Gasteiger partial charge in [0.1, 0.15) is 6.61 Å². The maximum Gasteiger partial charge on any atom is 0.404 e. The van der Waals surface area contributed by atoms with Crippen molar-refractivity contribution in [3.05, 3.63) is 11.3 Å². The standard InChI is InChI=1S/C18H23N3O7/c1-8-13(22)12-11(15(23)18(8)27-4-5-28-18)9(7-26-16(19)24)17(25-3)14-10(20(14)2)6-21(12)17/h8-10,14H,4-7H2,1-3H3,(H2,19,24)/t8?,9-,10+,14+,17-,20?/m1/s1. The van der Waals surface area contributed by atoms with Crippen LogP contribution in [-0.2, 0) is 28.5 Å². The van der Waals surface area contributed by atoms with Crippen molar-refractivity contribution in [1.82, 2.24) is 9.80 Å². The maximum atomic E-state index is 13.6. The fraction of sp³-hybridized carbons (Fsp3) is 0.722. The van der Waals surface area contributed by atoms with Crippen LogP contribution in [0.5, 0.6) is 0 Å². The molecule has 10 heteroatoms. The molecule has 1 spiro atoms. The molecule has 152 valence electrons. The average Bonchev–Trinajstić information content (AvgIpc) is 3.05. The largest absolute Gasteiger partial charge is 0.449 e. The fourth-order valence-corrected chi connectivity index (χ4v) is 5.71. The van der Waals surface area contributed by atoms with Gasteiger partial charge in [-0.15, -0.1) is 0 Å². The Kier molecular flexibility index (Phi) is 3.57. The van der Waals surface area contributed by atoms with E-state index < -0.39 is 35.2 Å². The minimum Gasteiger partial charge on any atom is -0.449 e.